The van der Waals surface area contributed by atoms with Gasteiger partial charge in [-0.2, -0.15) is 0 Å². The molecule has 4 unspecified atom stereocenters. The first kappa shape index (κ1) is 20.6. The zero-order valence-corrected chi connectivity index (χ0v) is 12.3. The Hall–Kier alpha value is -0.440. The average molecular weight is 343 g/mol. The van der Waals surface area contributed by atoms with E-state index in [1.54, 1.807) is 0 Å². The number of hydrogen-bond acceptors (Lipinski definition) is 11. The van der Waals surface area contributed by atoms with Crippen molar-refractivity contribution in [3.05, 3.63) is 0 Å². The van der Waals surface area contributed by atoms with Gasteiger partial charge < -0.3 is 56.1 Å². The molecule has 9 atom stereocenters. The lowest BCUT2D eigenvalue weighted by atomic mass is 9.98. The fraction of sp³-hybridized carbons (Fsp3) is 1.00. The molecule has 0 aliphatic carbocycles. The summed E-state index contributed by atoms with van der Waals surface area (Å²) in [5, 5.41) is 76.4. The molecule has 0 aromatic heterocycles. The van der Waals surface area contributed by atoms with Crippen molar-refractivity contribution in [2.75, 3.05) is 19.8 Å². The highest BCUT2D eigenvalue weighted by molar-refractivity contribution is 4.91. The van der Waals surface area contributed by atoms with Crippen molar-refractivity contribution in [1.29, 1.82) is 0 Å². The maximum atomic E-state index is 9.91. The summed E-state index contributed by atoms with van der Waals surface area (Å²) in [6.45, 7) is -1.89. The molecule has 0 spiro atoms. The highest BCUT2D eigenvalue weighted by Crippen LogP contribution is 2.24. The van der Waals surface area contributed by atoms with Crippen molar-refractivity contribution < 1.29 is 50.3 Å². The Bertz CT molecular complexity index is 346. The smallest absolute Gasteiger partial charge is 0.187 e. The molecule has 1 aliphatic heterocycles. The van der Waals surface area contributed by atoms with E-state index in [1.165, 1.54) is 0 Å². The fourth-order valence-electron chi connectivity index (χ4n) is 2.20. The van der Waals surface area contributed by atoms with Gasteiger partial charge in [0.1, 0.15) is 42.7 Å². The molecule has 23 heavy (non-hydrogen) atoms. The number of nitrogens with two attached hydrogens (primary N) is 1. The third kappa shape index (κ3) is 4.78. The molecule has 1 rings (SSSR count). The van der Waals surface area contributed by atoms with Crippen LogP contribution in [0.25, 0.3) is 0 Å². The normalized spacial score (nSPS) is 37.2. The second-order valence-electron chi connectivity index (χ2n) is 5.34. The molecule has 0 radical (unpaired) electrons. The third-order valence-electron chi connectivity index (χ3n) is 3.68. The minimum atomic E-state index is -1.76. The van der Waals surface area contributed by atoms with E-state index in [-0.39, 0.29) is 6.54 Å². The Balaban J connectivity index is 2.89. The standard InChI is InChI=1S/C12H25NO10/c13-1-4(16)7(18)11(5(17)2-14)23-12-10(21)9(20)8(19)6(3-15)22-12/h4-12,14-21H,1-3,13H2/t4?,5?,6-,7?,8+,9+,10-,11?,12+/m1/s1. The number of hydrogen-bond donors (Lipinski definition) is 9. The molecule has 0 aromatic rings. The van der Waals surface area contributed by atoms with Gasteiger partial charge in [0.2, 0.25) is 0 Å². The van der Waals surface area contributed by atoms with Gasteiger partial charge in [0.05, 0.1) is 19.3 Å². The van der Waals surface area contributed by atoms with Gasteiger partial charge in [-0.25, -0.2) is 0 Å². The Morgan fingerprint density at radius 1 is 0.957 bits per heavy atom. The molecular formula is C12H25NO10. The molecule has 1 heterocycles. The maximum absolute atomic E-state index is 9.91. The van der Waals surface area contributed by atoms with Gasteiger partial charge in [-0.3, -0.25) is 0 Å². The minimum Gasteiger partial charge on any atom is -0.394 e. The quantitative estimate of drug-likeness (QED) is 0.203. The Morgan fingerprint density at radius 3 is 2.04 bits per heavy atom. The molecule has 138 valence electrons. The number of aliphatic hydroxyl groups excluding tert-OH is 8. The van der Waals surface area contributed by atoms with Gasteiger partial charge in [-0.05, 0) is 0 Å². The summed E-state index contributed by atoms with van der Waals surface area (Å²) in [5.74, 6) is 0. The summed E-state index contributed by atoms with van der Waals surface area (Å²) in [5.41, 5.74) is 5.20. The summed E-state index contributed by atoms with van der Waals surface area (Å²) in [7, 11) is 0. The van der Waals surface area contributed by atoms with Crippen molar-refractivity contribution in [2.24, 2.45) is 5.73 Å². The molecule has 0 saturated carbocycles. The lowest BCUT2D eigenvalue weighted by Crippen LogP contribution is -2.61. The number of rotatable bonds is 8. The summed E-state index contributed by atoms with van der Waals surface area (Å²) in [6.07, 6.45) is -14.5. The van der Waals surface area contributed by atoms with Crippen LogP contribution in [0.4, 0.5) is 0 Å². The van der Waals surface area contributed by atoms with E-state index < -0.39 is 68.3 Å². The second kappa shape index (κ2) is 9.15. The first-order chi connectivity index (χ1) is 10.8. The first-order valence-corrected chi connectivity index (χ1v) is 7.09. The number of ether oxygens (including phenoxy) is 2. The van der Waals surface area contributed by atoms with E-state index in [0.29, 0.717) is 0 Å². The van der Waals surface area contributed by atoms with Crippen LogP contribution < -0.4 is 5.73 Å². The monoisotopic (exact) mass is 343 g/mol. The predicted molar refractivity (Wildman–Crippen MR) is 72.8 cm³/mol. The Kier molecular flexibility index (Phi) is 8.20. The largest absolute Gasteiger partial charge is 0.394 e. The highest BCUT2D eigenvalue weighted by Gasteiger charge is 2.46. The summed E-state index contributed by atoms with van der Waals surface area (Å²) < 4.78 is 10.2. The predicted octanol–water partition coefficient (Wildman–Crippen LogP) is -5.79. The van der Waals surface area contributed by atoms with Gasteiger partial charge in [-0.1, -0.05) is 0 Å². The zero-order chi connectivity index (χ0) is 17.7. The van der Waals surface area contributed by atoms with Gasteiger partial charge >= 0.3 is 0 Å². The first-order valence-electron chi connectivity index (χ1n) is 7.09. The van der Waals surface area contributed by atoms with Crippen molar-refractivity contribution >= 4 is 0 Å². The van der Waals surface area contributed by atoms with Crippen LogP contribution >= 0.6 is 0 Å². The van der Waals surface area contributed by atoms with Crippen LogP contribution in [0.2, 0.25) is 0 Å². The van der Waals surface area contributed by atoms with Crippen molar-refractivity contribution in [3.8, 4) is 0 Å². The summed E-state index contributed by atoms with van der Waals surface area (Å²) in [6, 6.07) is 0. The van der Waals surface area contributed by atoms with Crippen molar-refractivity contribution in [2.45, 2.75) is 55.1 Å². The van der Waals surface area contributed by atoms with Crippen LogP contribution in [-0.2, 0) is 9.47 Å². The zero-order valence-electron chi connectivity index (χ0n) is 12.3. The third-order valence-corrected chi connectivity index (χ3v) is 3.68. The van der Waals surface area contributed by atoms with Crippen LogP contribution in [0.15, 0.2) is 0 Å². The van der Waals surface area contributed by atoms with Crippen LogP contribution in [-0.4, -0.2) is 116 Å². The molecule has 11 nitrogen and oxygen atoms in total. The molecule has 1 fully saturated rings. The van der Waals surface area contributed by atoms with Gasteiger partial charge in [0, 0.05) is 6.54 Å². The van der Waals surface area contributed by atoms with Crippen LogP contribution in [0, 0.1) is 0 Å². The number of aliphatic hydroxyl groups is 8. The lowest BCUT2D eigenvalue weighted by molar-refractivity contribution is -0.327. The van der Waals surface area contributed by atoms with E-state index >= 15 is 0 Å². The molecule has 0 bridgehead atoms. The lowest BCUT2D eigenvalue weighted by Gasteiger charge is -2.42. The van der Waals surface area contributed by atoms with Crippen LogP contribution in [0.1, 0.15) is 0 Å². The van der Waals surface area contributed by atoms with Gasteiger partial charge in [0.15, 0.2) is 6.29 Å². The van der Waals surface area contributed by atoms with E-state index in [0.717, 1.165) is 0 Å². The van der Waals surface area contributed by atoms with E-state index in [1.807, 2.05) is 0 Å². The molecule has 1 aliphatic rings. The second-order valence-corrected chi connectivity index (χ2v) is 5.34. The van der Waals surface area contributed by atoms with Crippen molar-refractivity contribution in [3.63, 3.8) is 0 Å². The summed E-state index contributed by atoms with van der Waals surface area (Å²) >= 11 is 0. The molecule has 11 heteroatoms. The van der Waals surface area contributed by atoms with Gasteiger partial charge in [0.25, 0.3) is 0 Å². The van der Waals surface area contributed by atoms with Crippen molar-refractivity contribution in [1.82, 2.24) is 0 Å². The van der Waals surface area contributed by atoms with Crippen LogP contribution in [0.3, 0.4) is 0 Å². The van der Waals surface area contributed by atoms with E-state index in [2.05, 4.69) is 0 Å². The van der Waals surface area contributed by atoms with Gasteiger partial charge in [-0.15, -0.1) is 0 Å². The SMILES string of the molecule is NCC(O)C(O)C(O[C@@H]1O[C@H](CO)[C@H](O)[C@H](O)[C@H]1O)C(O)CO. The summed E-state index contributed by atoms with van der Waals surface area (Å²) in [4.78, 5) is 0. The average Bonchev–Trinajstić information content (AvgIpc) is 2.57. The molecule has 0 aromatic carbocycles. The Morgan fingerprint density at radius 2 is 1.57 bits per heavy atom. The van der Waals surface area contributed by atoms with Crippen LogP contribution in [0.5, 0.6) is 0 Å². The molecule has 0 amide bonds. The Labute approximate surface area is 132 Å². The highest BCUT2D eigenvalue weighted by atomic mass is 16.7. The minimum absolute atomic E-state index is 0.367. The van der Waals surface area contributed by atoms with E-state index in [9.17, 15) is 30.6 Å². The fourth-order valence-corrected chi connectivity index (χ4v) is 2.20. The molecular weight excluding hydrogens is 318 g/mol. The maximum Gasteiger partial charge on any atom is 0.187 e. The topological polar surface area (TPSA) is 206 Å². The molecule has 1 saturated heterocycles. The van der Waals surface area contributed by atoms with E-state index in [4.69, 9.17) is 25.4 Å². The molecule has 10 N–H and O–H groups in total.